The molecule has 6 heteroatoms. The van der Waals surface area contributed by atoms with Crippen LogP contribution in [0.25, 0.3) is 0 Å². The number of hydrogen-bond donors (Lipinski definition) is 0. The van der Waals surface area contributed by atoms with Crippen molar-refractivity contribution in [1.82, 2.24) is 0 Å². The molecule has 0 aliphatic rings. The van der Waals surface area contributed by atoms with Crippen molar-refractivity contribution in [3.05, 3.63) is 54.1 Å². The van der Waals surface area contributed by atoms with Gasteiger partial charge in [0, 0.05) is 10.5 Å². The van der Waals surface area contributed by atoms with Gasteiger partial charge in [-0.15, -0.1) is 0 Å². The normalized spacial score (nSPS) is 11.1. The van der Waals surface area contributed by atoms with Crippen LogP contribution in [0.15, 0.2) is 53.4 Å². The predicted octanol–water partition coefficient (Wildman–Crippen LogP) is 3.58. The summed E-state index contributed by atoms with van der Waals surface area (Å²) in [6.45, 7) is 2.42. The Morgan fingerprint density at radius 3 is 2.38 bits per heavy atom. The first kappa shape index (κ1) is 16.1. The molecule has 0 saturated carbocycles. The lowest BCUT2D eigenvalue weighted by Crippen LogP contribution is -2.10. The molecule has 2 aromatic carbocycles. The zero-order chi connectivity index (χ0) is 15.3. The second kappa shape index (κ2) is 7.13. The summed E-state index contributed by atoms with van der Waals surface area (Å²) in [7, 11) is -3.82. The molecule has 112 valence electrons. The zero-order valence-electron chi connectivity index (χ0n) is 11.5. The van der Waals surface area contributed by atoms with Gasteiger partial charge in [-0.25, -0.2) is 0 Å². The lowest BCUT2D eigenvalue weighted by atomic mass is 10.2. The van der Waals surface area contributed by atoms with E-state index >= 15 is 0 Å². The molecule has 0 amide bonds. The molecule has 0 bridgehead atoms. The standard InChI is InChI=1S/C15H15IO4S/c1-12-9-13(19-8-7-16)11-14(10-12)20-21(17,18)15-5-3-2-4-6-15/h2-6,9-11H,7-8H2,1H3. The lowest BCUT2D eigenvalue weighted by Gasteiger charge is -2.10. The van der Waals surface area contributed by atoms with Gasteiger partial charge in [0.25, 0.3) is 0 Å². The fourth-order valence-electron chi connectivity index (χ4n) is 1.76. The zero-order valence-corrected chi connectivity index (χ0v) is 14.4. The van der Waals surface area contributed by atoms with Crippen molar-refractivity contribution in [3.63, 3.8) is 0 Å². The quantitative estimate of drug-likeness (QED) is 0.409. The Labute approximate surface area is 138 Å². The molecule has 0 unspecified atom stereocenters. The molecule has 2 aromatic rings. The second-order valence-corrected chi connectivity index (χ2v) is 6.99. The van der Waals surface area contributed by atoms with E-state index in [0.29, 0.717) is 12.4 Å². The summed E-state index contributed by atoms with van der Waals surface area (Å²) >= 11 is 2.21. The Bertz CT molecular complexity index is 699. The number of benzene rings is 2. The van der Waals surface area contributed by atoms with Crippen molar-refractivity contribution in [3.8, 4) is 11.5 Å². The Kier molecular flexibility index (Phi) is 5.46. The third-order valence-corrected chi connectivity index (χ3v) is 4.31. The maximum atomic E-state index is 12.2. The van der Waals surface area contributed by atoms with Crippen LogP contribution in [-0.2, 0) is 10.1 Å². The van der Waals surface area contributed by atoms with Crippen molar-refractivity contribution < 1.29 is 17.3 Å². The first-order chi connectivity index (χ1) is 10.0. The molecular weight excluding hydrogens is 403 g/mol. The second-order valence-electron chi connectivity index (χ2n) is 4.37. The van der Waals surface area contributed by atoms with Crippen LogP contribution < -0.4 is 8.92 Å². The van der Waals surface area contributed by atoms with Gasteiger partial charge in [-0.1, -0.05) is 40.8 Å². The summed E-state index contributed by atoms with van der Waals surface area (Å²) in [5.41, 5.74) is 0.874. The van der Waals surface area contributed by atoms with Crippen LogP contribution >= 0.6 is 22.6 Å². The van der Waals surface area contributed by atoms with E-state index in [1.165, 1.54) is 12.1 Å². The van der Waals surface area contributed by atoms with Crippen LogP contribution in [0.3, 0.4) is 0 Å². The molecule has 21 heavy (non-hydrogen) atoms. The lowest BCUT2D eigenvalue weighted by molar-refractivity contribution is 0.345. The van der Waals surface area contributed by atoms with Gasteiger partial charge in [0.05, 0.1) is 6.61 Å². The largest absolute Gasteiger partial charge is 0.493 e. The molecule has 0 aromatic heterocycles. The van der Waals surface area contributed by atoms with Crippen LogP contribution in [0.5, 0.6) is 11.5 Å². The average Bonchev–Trinajstić information content (AvgIpc) is 2.45. The van der Waals surface area contributed by atoms with E-state index < -0.39 is 10.1 Å². The first-order valence-electron chi connectivity index (χ1n) is 6.31. The minimum Gasteiger partial charge on any atom is -0.493 e. The van der Waals surface area contributed by atoms with Crippen LogP contribution in [0.4, 0.5) is 0 Å². The fourth-order valence-corrected chi connectivity index (χ4v) is 2.92. The number of aryl methyl sites for hydroxylation is 1. The van der Waals surface area contributed by atoms with E-state index in [9.17, 15) is 8.42 Å². The van der Waals surface area contributed by atoms with Gasteiger partial charge in [0.1, 0.15) is 16.4 Å². The van der Waals surface area contributed by atoms with Crippen LogP contribution in [0.2, 0.25) is 0 Å². The topological polar surface area (TPSA) is 52.6 Å². The number of rotatable bonds is 6. The maximum Gasteiger partial charge on any atom is 0.339 e. The Morgan fingerprint density at radius 1 is 1.05 bits per heavy atom. The van der Waals surface area contributed by atoms with E-state index in [-0.39, 0.29) is 10.6 Å². The predicted molar refractivity (Wildman–Crippen MR) is 89.8 cm³/mol. The highest BCUT2D eigenvalue weighted by Crippen LogP contribution is 2.25. The first-order valence-corrected chi connectivity index (χ1v) is 9.24. The molecule has 4 nitrogen and oxygen atoms in total. The van der Waals surface area contributed by atoms with Crippen molar-refractivity contribution in [2.24, 2.45) is 0 Å². The highest BCUT2D eigenvalue weighted by atomic mass is 127. The van der Waals surface area contributed by atoms with E-state index in [4.69, 9.17) is 8.92 Å². The summed E-state index contributed by atoms with van der Waals surface area (Å²) in [6, 6.07) is 13.1. The molecule has 0 aliphatic carbocycles. The Morgan fingerprint density at radius 2 is 1.71 bits per heavy atom. The Hall–Kier alpha value is -1.28. The fraction of sp³-hybridized carbons (Fsp3) is 0.200. The third kappa shape index (κ3) is 4.60. The SMILES string of the molecule is Cc1cc(OCCI)cc(OS(=O)(=O)c2ccccc2)c1. The van der Waals surface area contributed by atoms with Gasteiger partial charge in [-0.05, 0) is 36.8 Å². The van der Waals surface area contributed by atoms with Gasteiger partial charge < -0.3 is 8.92 Å². The van der Waals surface area contributed by atoms with E-state index in [1.807, 2.05) is 13.0 Å². The molecule has 2 rings (SSSR count). The molecule has 0 atom stereocenters. The van der Waals surface area contributed by atoms with Gasteiger partial charge in [-0.2, -0.15) is 8.42 Å². The van der Waals surface area contributed by atoms with Crippen molar-refractivity contribution in [1.29, 1.82) is 0 Å². The molecule has 0 heterocycles. The van der Waals surface area contributed by atoms with E-state index in [1.54, 1.807) is 30.3 Å². The smallest absolute Gasteiger partial charge is 0.339 e. The van der Waals surface area contributed by atoms with E-state index in [0.717, 1.165) is 9.99 Å². The van der Waals surface area contributed by atoms with Crippen LogP contribution in [0.1, 0.15) is 5.56 Å². The summed E-state index contributed by atoms with van der Waals surface area (Å²) in [6.07, 6.45) is 0. The van der Waals surface area contributed by atoms with Crippen molar-refractivity contribution in [2.75, 3.05) is 11.0 Å². The van der Waals surface area contributed by atoms with Crippen LogP contribution in [0, 0.1) is 6.92 Å². The van der Waals surface area contributed by atoms with Gasteiger partial charge in [-0.3, -0.25) is 0 Å². The highest BCUT2D eigenvalue weighted by Gasteiger charge is 2.16. The maximum absolute atomic E-state index is 12.2. The van der Waals surface area contributed by atoms with Crippen molar-refractivity contribution in [2.45, 2.75) is 11.8 Å². The van der Waals surface area contributed by atoms with Gasteiger partial charge in [0.2, 0.25) is 0 Å². The number of alkyl halides is 1. The van der Waals surface area contributed by atoms with E-state index in [2.05, 4.69) is 22.6 Å². The summed E-state index contributed by atoms with van der Waals surface area (Å²) < 4.78 is 35.9. The third-order valence-electron chi connectivity index (χ3n) is 2.61. The molecule has 0 aliphatic heterocycles. The van der Waals surface area contributed by atoms with Crippen molar-refractivity contribution >= 4 is 32.7 Å². The monoisotopic (exact) mass is 418 g/mol. The highest BCUT2D eigenvalue weighted by molar-refractivity contribution is 14.1. The molecule has 0 N–H and O–H groups in total. The number of halogens is 1. The Balaban J connectivity index is 2.25. The number of ether oxygens (including phenoxy) is 1. The molecule has 0 fully saturated rings. The summed E-state index contributed by atoms with van der Waals surface area (Å²) in [4.78, 5) is 0.126. The summed E-state index contributed by atoms with van der Waals surface area (Å²) in [5.74, 6) is 0.854. The molecule has 0 saturated heterocycles. The molecule has 0 radical (unpaired) electrons. The molecular formula is C15H15IO4S. The minimum absolute atomic E-state index is 0.126. The van der Waals surface area contributed by atoms with Gasteiger partial charge >= 0.3 is 10.1 Å². The minimum atomic E-state index is -3.82. The molecule has 0 spiro atoms. The van der Waals surface area contributed by atoms with Crippen LogP contribution in [-0.4, -0.2) is 19.5 Å². The number of hydrogen-bond acceptors (Lipinski definition) is 4. The average molecular weight is 418 g/mol. The van der Waals surface area contributed by atoms with Gasteiger partial charge in [0.15, 0.2) is 0 Å². The summed E-state index contributed by atoms with van der Waals surface area (Å²) in [5, 5.41) is 0.